The molecule has 0 heterocycles. The van der Waals surface area contributed by atoms with Gasteiger partial charge in [-0.2, -0.15) is 0 Å². The van der Waals surface area contributed by atoms with Gasteiger partial charge in [-0.05, 0) is 50.5 Å². The number of carbonyl (C=O) groups excluding carboxylic acids is 1. The van der Waals surface area contributed by atoms with E-state index >= 15 is 0 Å². The van der Waals surface area contributed by atoms with E-state index in [1.54, 1.807) is 0 Å². The van der Waals surface area contributed by atoms with Crippen molar-refractivity contribution in [2.75, 3.05) is 5.73 Å². The first kappa shape index (κ1) is 15.1. The van der Waals surface area contributed by atoms with E-state index in [1.807, 2.05) is 64.1 Å². The number of anilines is 1. The van der Waals surface area contributed by atoms with Gasteiger partial charge in [0, 0.05) is 11.3 Å². The van der Waals surface area contributed by atoms with Crippen LogP contribution in [0.1, 0.15) is 45.6 Å². The van der Waals surface area contributed by atoms with Crippen molar-refractivity contribution >= 4 is 11.6 Å². The summed E-state index contributed by atoms with van der Waals surface area (Å²) in [7, 11) is 0. The molecule has 0 aliphatic rings. The first-order chi connectivity index (χ1) is 9.90. The lowest BCUT2D eigenvalue weighted by Crippen LogP contribution is -2.28. The van der Waals surface area contributed by atoms with Crippen LogP contribution in [0.5, 0.6) is 0 Å². The molecule has 3 nitrogen and oxygen atoms in total. The summed E-state index contributed by atoms with van der Waals surface area (Å²) in [6.45, 7) is 7.92. The molecule has 2 aromatic rings. The van der Waals surface area contributed by atoms with Crippen molar-refractivity contribution in [1.82, 2.24) is 5.32 Å². The second-order valence-electron chi connectivity index (χ2n) is 5.60. The van der Waals surface area contributed by atoms with Gasteiger partial charge in [0.1, 0.15) is 0 Å². The summed E-state index contributed by atoms with van der Waals surface area (Å²) in [5, 5.41) is 3.04. The third-order valence-electron chi connectivity index (χ3n) is 3.71. The highest BCUT2D eigenvalue weighted by atomic mass is 16.1. The van der Waals surface area contributed by atoms with E-state index in [1.165, 1.54) is 5.56 Å². The maximum atomic E-state index is 12.5. The number of nitrogens with one attached hydrogen (secondary N) is 1. The smallest absolute Gasteiger partial charge is 0.252 e. The molecule has 3 heteroatoms. The average molecular weight is 282 g/mol. The van der Waals surface area contributed by atoms with Gasteiger partial charge < -0.3 is 11.1 Å². The number of para-hydroxylation sites is 1. The fourth-order valence-corrected chi connectivity index (χ4v) is 2.79. The van der Waals surface area contributed by atoms with E-state index in [0.29, 0.717) is 5.69 Å². The number of hydrogen-bond donors (Lipinski definition) is 2. The second kappa shape index (κ2) is 6.00. The Morgan fingerprint density at radius 1 is 1.10 bits per heavy atom. The number of amides is 1. The summed E-state index contributed by atoms with van der Waals surface area (Å²) >= 11 is 0. The molecule has 0 radical (unpaired) electrons. The largest absolute Gasteiger partial charge is 0.398 e. The molecule has 0 saturated heterocycles. The summed E-state index contributed by atoms with van der Waals surface area (Å²) in [6.07, 6.45) is 0. The summed E-state index contributed by atoms with van der Waals surface area (Å²) < 4.78 is 0. The van der Waals surface area contributed by atoms with Crippen LogP contribution in [0.25, 0.3) is 0 Å². The van der Waals surface area contributed by atoms with Gasteiger partial charge in [-0.1, -0.05) is 35.9 Å². The molecular weight excluding hydrogens is 260 g/mol. The molecule has 0 spiro atoms. The molecule has 2 rings (SSSR count). The number of rotatable bonds is 3. The van der Waals surface area contributed by atoms with Gasteiger partial charge in [0.2, 0.25) is 0 Å². The first-order valence-corrected chi connectivity index (χ1v) is 7.13. The van der Waals surface area contributed by atoms with Crippen molar-refractivity contribution < 1.29 is 4.79 Å². The lowest BCUT2D eigenvalue weighted by Gasteiger charge is -2.18. The molecule has 21 heavy (non-hydrogen) atoms. The van der Waals surface area contributed by atoms with E-state index < -0.39 is 0 Å². The summed E-state index contributed by atoms with van der Waals surface area (Å²) in [4.78, 5) is 12.5. The predicted octanol–water partition coefficient (Wildman–Crippen LogP) is 3.69. The molecular formula is C18H22N2O. The van der Waals surface area contributed by atoms with Crippen LogP contribution in [0, 0.1) is 20.8 Å². The molecule has 1 unspecified atom stereocenters. The summed E-state index contributed by atoms with van der Waals surface area (Å²) in [5.41, 5.74) is 11.5. The summed E-state index contributed by atoms with van der Waals surface area (Å²) in [6, 6.07) is 11.5. The minimum Gasteiger partial charge on any atom is -0.398 e. The van der Waals surface area contributed by atoms with Gasteiger partial charge in [-0.25, -0.2) is 0 Å². The zero-order chi connectivity index (χ0) is 15.6. The predicted molar refractivity (Wildman–Crippen MR) is 87.4 cm³/mol. The third kappa shape index (κ3) is 3.24. The Morgan fingerprint density at radius 3 is 2.24 bits per heavy atom. The fraction of sp³-hybridized carbons (Fsp3) is 0.278. The Kier molecular flexibility index (Phi) is 4.32. The highest BCUT2D eigenvalue weighted by Gasteiger charge is 2.16. The number of hydrogen-bond acceptors (Lipinski definition) is 2. The van der Waals surface area contributed by atoms with Crippen LogP contribution in [0.3, 0.4) is 0 Å². The highest BCUT2D eigenvalue weighted by molar-refractivity contribution is 5.97. The normalized spacial score (nSPS) is 12.0. The molecule has 0 aromatic heterocycles. The Labute approximate surface area is 126 Å². The Balaban J connectivity index is 2.25. The van der Waals surface area contributed by atoms with E-state index in [4.69, 9.17) is 5.73 Å². The van der Waals surface area contributed by atoms with Crippen molar-refractivity contribution in [2.45, 2.75) is 33.7 Å². The monoisotopic (exact) mass is 282 g/mol. The number of benzene rings is 2. The Bertz CT molecular complexity index is 654. The van der Waals surface area contributed by atoms with Crippen LogP contribution in [0.4, 0.5) is 5.69 Å². The zero-order valence-corrected chi connectivity index (χ0v) is 13.0. The average Bonchev–Trinajstić information content (AvgIpc) is 2.37. The van der Waals surface area contributed by atoms with Crippen molar-refractivity contribution in [2.24, 2.45) is 0 Å². The molecule has 2 aromatic carbocycles. The minimum atomic E-state index is -0.126. The Morgan fingerprint density at radius 2 is 1.67 bits per heavy atom. The van der Waals surface area contributed by atoms with E-state index in [9.17, 15) is 4.79 Å². The first-order valence-electron chi connectivity index (χ1n) is 7.13. The topological polar surface area (TPSA) is 55.1 Å². The molecule has 3 N–H and O–H groups in total. The molecule has 0 fully saturated rings. The maximum absolute atomic E-state index is 12.5. The number of nitrogen functional groups attached to an aromatic ring is 1. The number of carbonyl (C=O) groups is 1. The molecule has 1 atom stereocenters. The van der Waals surface area contributed by atoms with Gasteiger partial charge in [0.25, 0.3) is 5.91 Å². The Hall–Kier alpha value is -2.29. The molecule has 0 aliphatic carbocycles. The quantitative estimate of drug-likeness (QED) is 0.844. The van der Waals surface area contributed by atoms with Gasteiger partial charge in [-0.3, -0.25) is 4.79 Å². The lowest BCUT2D eigenvalue weighted by molar-refractivity contribution is 0.0939. The van der Waals surface area contributed by atoms with Crippen molar-refractivity contribution in [1.29, 1.82) is 0 Å². The van der Waals surface area contributed by atoms with Crippen molar-refractivity contribution in [3.05, 3.63) is 64.2 Å². The van der Waals surface area contributed by atoms with Crippen molar-refractivity contribution in [3.63, 3.8) is 0 Å². The van der Waals surface area contributed by atoms with E-state index in [2.05, 4.69) is 5.32 Å². The van der Waals surface area contributed by atoms with Crippen LogP contribution < -0.4 is 11.1 Å². The number of aryl methyl sites for hydroxylation is 3. The number of nitrogens with two attached hydrogens (primary N) is 1. The van der Waals surface area contributed by atoms with E-state index in [0.717, 1.165) is 22.3 Å². The van der Waals surface area contributed by atoms with Crippen LogP contribution in [0.2, 0.25) is 0 Å². The minimum absolute atomic E-state index is 0.0549. The van der Waals surface area contributed by atoms with Crippen LogP contribution in [-0.2, 0) is 0 Å². The fourth-order valence-electron chi connectivity index (χ4n) is 2.79. The lowest BCUT2D eigenvalue weighted by atomic mass is 9.98. The molecule has 0 bridgehead atoms. The SMILES string of the molecule is Cc1cc(C)c(C(=O)NC(C)c2ccccc2N)c(C)c1. The van der Waals surface area contributed by atoms with Crippen molar-refractivity contribution in [3.8, 4) is 0 Å². The molecule has 110 valence electrons. The van der Waals surface area contributed by atoms with Crippen LogP contribution >= 0.6 is 0 Å². The van der Waals surface area contributed by atoms with E-state index in [-0.39, 0.29) is 11.9 Å². The summed E-state index contributed by atoms with van der Waals surface area (Å²) in [5.74, 6) is -0.0549. The molecule has 0 saturated carbocycles. The van der Waals surface area contributed by atoms with Crippen LogP contribution in [0.15, 0.2) is 36.4 Å². The standard InChI is InChI=1S/C18H22N2O/c1-11-9-12(2)17(13(3)10-11)18(21)20-14(4)15-7-5-6-8-16(15)19/h5-10,14H,19H2,1-4H3,(H,20,21). The molecule has 0 aliphatic heterocycles. The van der Waals surface area contributed by atoms with Gasteiger partial charge >= 0.3 is 0 Å². The van der Waals surface area contributed by atoms with Gasteiger partial charge in [0.05, 0.1) is 6.04 Å². The van der Waals surface area contributed by atoms with Crippen LogP contribution in [-0.4, -0.2) is 5.91 Å². The maximum Gasteiger partial charge on any atom is 0.252 e. The third-order valence-corrected chi connectivity index (χ3v) is 3.71. The van der Waals surface area contributed by atoms with Gasteiger partial charge in [0.15, 0.2) is 0 Å². The molecule has 1 amide bonds. The van der Waals surface area contributed by atoms with Gasteiger partial charge in [-0.15, -0.1) is 0 Å². The second-order valence-corrected chi connectivity index (χ2v) is 5.60. The zero-order valence-electron chi connectivity index (χ0n) is 13.0. The highest BCUT2D eigenvalue weighted by Crippen LogP contribution is 2.21.